The predicted molar refractivity (Wildman–Crippen MR) is 95.6 cm³/mol. The van der Waals surface area contributed by atoms with Gasteiger partial charge in [0.1, 0.15) is 5.82 Å². The fraction of sp³-hybridized carbons (Fsp3) is 0.211. The second kappa shape index (κ2) is 6.53. The Kier molecular flexibility index (Phi) is 4.20. The van der Waals surface area contributed by atoms with Gasteiger partial charge in [0.05, 0.1) is 0 Å². The van der Waals surface area contributed by atoms with Gasteiger partial charge in [-0.2, -0.15) is 4.98 Å². The van der Waals surface area contributed by atoms with Crippen LogP contribution in [-0.4, -0.2) is 22.6 Å². The number of hydrogen-bond acceptors (Lipinski definition) is 4. The molecule has 132 valence electrons. The van der Waals surface area contributed by atoms with Crippen molar-refractivity contribution in [3.8, 4) is 11.5 Å². The lowest BCUT2D eigenvalue weighted by Crippen LogP contribution is -2.25. The molecule has 1 atom stereocenters. The second-order valence-electron chi connectivity index (χ2n) is 6.30. The molecule has 2 heterocycles. The number of halogens is 2. The van der Waals surface area contributed by atoms with E-state index in [4.69, 9.17) is 16.1 Å². The normalized spacial score (nSPS) is 17.1. The summed E-state index contributed by atoms with van der Waals surface area (Å²) in [6.07, 6.45) is 0.310. The third-order valence-corrected chi connectivity index (χ3v) is 4.71. The zero-order valence-electron chi connectivity index (χ0n) is 13.9. The monoisotopic (exact) mass is 371 g/mol. The van der Waals surface area contributed by atoms with Gasteiger partial charge in [0.25, 0.3) is 5.89 Å². The van der Waals surface area contributed by atoms with Crippen LogP contribution in [0, 0.1) is 12.7 Å². The van der Waals surface area contributed by atoms with Gasteiger partial charge in [-0.1, -0.05) is 16.8 Å². The van der Waals surface area contributed by atoms with Crippen molar-refractivity contribution in [3.05, 3.63) is 64.7 Å². The van der Waals surface area contributed by atoms with E-state index in [1.165, 1.54) is 12.1 Å². The largest absolute Gasteiger partial charge is 0.334 e. The van der Waals surface area contributed by atoms with E-state index in [1.807, 2.05) is 19.1 Å². The summed E-state index contributed by atoms with van der Waals surface area (Å²) in [5.74, 6) is 0.313. The number of hydrogen-bond donors (Lipinski definition) is 0. The molecule has 5 nitrogen and oxygen atoms in total. The van der Waals surface area contributed by atoms with Gasteiger partial charge in [0.15, 0.2) is 5.82 Å². The molecule has 7 heteroatoms. The molecule has 0 N–H and O–H groups in total. The standard InChI is InChI=1S/C19H15ClFN3O2/c1-11-8-14(20)4-7-16(11)24-10-13(9-17(24)25)18-22-19(26-23-18)12-2-5-15(21)6-3-12/h2-8,13H,9-10H2,1H3. The van der Waals surface area contributed by atoms with Crippen LogP contribution in [0.15, 0.2) is 47.0 Å². The lowest BCUT2D eigenvalue weighted by Gasteiger charge is -2.18. The van der Waals surface area contributed by atoms with Crippen LogP contribution in [0.4, 0.5) is 10.1 Å². The van der Waals surface area contributed by atoms with Gasteiger partial charge < -0.3 is 9.42 Å². The van der Waals surface area contributed by atoms with Gasteiger partial charge >= 0.3 is 0 Å². The van der Waals surface area contributed by atoms with Crippen molar-refractivity contribution in [3.63, 3.8) is 0 Å². The summed E-state index contributed by atoms with van der Waals surface area (Å²) in [5.41, 5.74) is 2.41. The Labute approximate surface area is 154 Å². The highest BCUT2D eigenvalue weighted by Crippen LogP contribution is 2.33. The second-order valence-corrected chi connectivity index (χ2v) is 6.74. The van der Waals surface area contributed by atoms with Crippen molar-refractivity contribution >= 4 is 23.2 Å². The van der Waals surface area contributed by atoms with Crippen LogP contribution in [0.2, 0.25) is 5.02 Å². The number of aryl methyl sites for hydroxylation is 1. The fourth-order valence-corrected chi connectivity index (χ4v) is 3.37. The van der Waals surface area contributed by atoms with E-state index in [0.717, 1.165) is 11.3 Å². The number of amides is 1. The number of rotatable bonds is 3. The van der Waals surface area contributed by atoms with Crippen molar-refractivity contribution in [2.75, 3.05) is 11.4 Å². The topological polar surface area (TPSA) is 59.2 Å². The molecular weight excluding hydrogens is 357 g/mol. The molecule has 26 heavy (non-hydrogen) atoms. The zero-order valence-corrected chi connectivity index (χ0v) is 14.7. The van der Waals surface area contributed by atoms with Crippen molar-refractivity contribution in [2.45, 2.75) is 19.3 Å². The molecule has 1 saturated heterocycles. The Morgan fingerprint density at radius 3 is 2.73 bits per heavy atom. The summed E-state index contributed by atoms with van der Waals surface area (Å²) in [5, 5.41) is 4.65. The van der Waals surface area contributed by atoms with E-state index >= 15 is 0 Å². The van der Waals surface area contributed by atoms with Crippen molar-refractivity contribution in [1.29, 1.82) is 0 Å². The number of anilines is 1. The summed E-state index contributed by atoms with van der Waals surface area (Å²) in [4.78, 5) is 18.6. The number of benzene rings is 2. The van der Waals surface area contributed by atoms with Crippen LogP contribution >= 0.6 is 11.6 Å². The maximum atomic E-state index is 13.0. The van der Waals surface area contributed by atoms with Crippen LogP contribution in [0.5, 0.6) is 0 Å². The highest BCUT2D eigenvalue weighted by molar-refractivity contribution is 6.30. The zero-order chi connectivity index (χ0) is 18.3. The Morgan fingerprint density at radius 2 is 2.00 bits per heavy atom. The molecule has 1 aliphatic rings. The van der Waals surface area contributed by atoms with E-state index in [9.17, 15) is 9.18 Å². The summed E-state index contributed by atoms with van der Waals surface area (Å²) in [6, 6.07) is 11.3. The molecule has 1 unspecified atom stereocenters. The molecule has 0 radical (unpaired) electrons. The number of carbonyl (C=O) groups is 1. The van der Waals surface area contributed by atoms with Gasteiger partial charge in [-0.25, -0.2) is 4.39 Å². The van der Waals surface area contributed by atoms with Crippen molar-refractivity contribution < 1.29 is 13.7 Å². The summed E-state index contributed by atoms with van der Waals surface area (Å²) >= 11 is 6.00. The maximum absolute atomic E-state index is 13.0. The smallest absolute Gasteiger partial charge is 0.257 e. The minimum atomic E-state index is -0.330. The van der Waals surface area contributed by atoms with Crippen LogP contribution in [0.25, 0.3) is 11.5 Å². The molecule has 1 aliphatic heterocycles. The van der Waals surface area contributed by atoms with Gasteiger partial charge in [-0.05, 0) is 55.0 Å². The molecule has 0 saturated carbocycles. The average molecular weight is 372 g/mol. The van der Waals surface area contributed by atoms with Gasteiger partial charge in [0, 0.05) is 35.2 Å². The van der Waals surface area contributed by atoms with Gasteiger partial charge in [-0.3, -0.25) is 4.79 Å². The van der Waals surface area contributed by atoms with Crippen LogP contribution in [-0.2, 0) is 4.79 Å². The summed E-state index contributed by atoms with van der Waals surface area (Å²) in [6.45, 7) is 2.40. The van der Waals surface area contributed by atoms with E-state index in [2.05, 4.69) is 10.1 Å². The Bertz CT molecular complexity index is 971. The fourth-order valence-electron chi connectivity index (χ4n) is 3.15. The SMILES string of the molecule is Cc1cc(Cl)ccc1N1CC(c2noc(-c3ccc(F)cc3)n2)CC1=O. The number of nitrogens with zero attached hydrogens (tertiary/aromatic N) is 3. The first-order valence-electron chi connectivity index (χ1n) is 8.17. The number of aromatic nitrogens is 2. The van der Waals surface area contributed by atoms with E-state index in [1.54, 1.807) is 23.1 Å². The minimum Gasteiger partial charge on any atom is -0.334 e. The third kappa shape index (κ3) is 3.08. The van der Waals surface area contributed by atoms with Gasteiger partial charge in [-0.15, -0.1) is 0 Å². The molecule has 3 aromatic rings. The third-order valence-electron chi connectivity index (χ3n) is 4.47. The molecule has 4 rings (SSSR count). The molecule has 1 aromatic heterocycles. The van der Waals surface area contributed by atoms with E-state index < -0.39 is 0 Å². The van der Waals surface area contributed by atoms with E-state index in [0.29, 0.717) is 35.3 Å². The lowest BCUT2D eigenvalue weighted by atomic mass is 10.1. The Hall–Kier alpha value is -2.73. The maximum Gasteiger partial charge on any atom is 0.257 e. The first-order valence-corrected chi connectivity index (χ1v) is 8.55. The minimum absolute atomic E-state index is 0.00792. The number of carbonyl (C=O) groups excluding carboxylic acids is 1. The Balaban J connectivity index is 1.56. The lowest BCUT2D eigenvalue weighted by molar-refractivity contribution is -0.117. The quantitative estimate of drug-likeness (QED) is 0.686. The molecule has 0 bridgehead atoms. The first-order chi connectivity index (χ1) is 12.5. The molecular formula is C19H15ClFN3O2. The van der Waals surface area contributed by atoms with Crippen LogP contribution in [0.3, 0.4) is 0 Å². The molecule has 1 amide bonds. The molecule has 0 spiro atoms. The predicted octanol–water partition coefficient (Wildman–Crippen LogP) is 4.36. The highest BCUT2D eigenvalue weighted by atomic mass is 35.5. The summed E-state index contributed by atoms with van der Waals surface area (Å²) < 4.78 is 18.3. The van der Waals surface area contributed by atoms with Crippen LogP contribution < -0.4 is 4.90 Å². The van der Waals surface area contributed by atoms with Crippen molar-refractivity contribution in [1.82, 2.24) is 10.1 Å². The molecule has 0 aliphatic carbocycles. The van der Waals surface area contributed by atoms with Crippen LogP contribution in [0.1, 0.15) is 23.7 Å². The average Bonchev–Trinajstić information content (AvgIpc) is 3.23. The first kappa shape index (κ1) is 16.7. The van der Waals surface area contributed by atoms with Gasteiger partial charge in [0.2, 0.25) is 5.91 Å². The molecule has 2 aromatic carbocycles. The Morgan fingerprint density at radius 1 is 1.23 bits per heavy atom. The van der Waals surface area contributed by atoms with E-state index in [-0.39, 0.29) is 17.6 Å². The summed E-state index contributed by atoms with van der Waals surface area (Å²) in [7, 11) is 0. The van der Waals surface area contributed by atoms with Crippen molar-refractivity contribution in [2.24, 2.45) is 0 Å². The highest BCUT2D eigenvalue weighted by Gasteiger charge is 2.35. The molecule has 1 fully saturated rings.